The van der Waals surface area contributed by atoms with Gasteiger partial charge in [-0.3, -0.25) is 4.79 Å². The lowest BCUT2D eigenvalue weighted by Gasteiger charge is -2.21. The van der Waals surface area contributed by atoms with Gasteiger partial charge in [-0.2, -0.15) is 0 Å². The number of carbonyl (C=O) groups is 1. The molecule has 3 nitrogen and oxygen atoms in total. The van der Waals surface area contributed by atoms with Crippen molar-refractivity contribution in [3.63, 3.8) is 0 Å². The van der Waals surface area contributed by atoms with E-state index in [1.54, 1.807) is 0 Å². The largest absolute Gasteiger partial charge is 0.318 e. The fourth-order valence-electron chi connectivity index (χ4n) is 1.89. The molecule has 0 saturated carbocycles. The summed E-state index contributed by atoms with van der Waals surface area (Å²) in [5, 5.41) is 0.881. The molecule has 0 aliphatic carbocycles. The molecule has 0 aliphatic heterocycles. The van der Waals surface area contributed by atoms with E-state index in [1.807, 2.05) is 19.1 Å². The fraction of sp³-hybridized carbons (Fsp3) is 0.286. The highest BCUT2D eigenvalue weighted by Gasteiger charge is 2.15. The zero-order chi connectivity index (χ0) is 13.1. The van der Waals surface area contributed by atoms with Gasteiger partial charge in [0.15, 0.2) is 11.4 Å². The summed E-state index contributed by atoms with van der Waals surface area (Å²) in [6.07, 6.45) is 0.877. The predicted molar refractivity (Wildman–Crippen MR) is 76.1 cm³/mol. The van der Waals surface area contributed by atoms with Crippen LogP contribution in [0.5, 0.6) is 0 Å². The third-order valence-electron chi connectivity index (χ3n) is 2.88. The molecular weight excluding hydrogens is 244 g/mol. The van der Waals surface area contributed by atoms with E-state index in [4.69, 9.17) is 0 Å². The number of aldehydes is 1. The van der Waals surface area contributed by atoms with Gasteiger partial charge in [0.05, 0.1) is 10.6 Å². The third-order valence-corrected chi connectivity index (χ3v) is 3.99. The van der Waals surface area contributed by atoms with Crippen LogP contribution in [0.1, 0.15) is 27.9 Å². The Morgan fingerprint density at radius 3 is 2.61 bits per heavy atom. The first-order valence-electron chi connectivity index (χ1n) is 5.93. The summed E-state index contributed by atoms with van der Waals surface area (Å²) in [6.45, 7) is 6.87. The van der Waals surface area contributed by atoms with E-state index in [1.165, 1.54) is 16.9 Å². The van der Waals surface area contributed by atoms with Gasteiger partial charge in [0.25, 0.3) is 0 Å². The van der Waals surface area contributed by atoms with Gasteiger partial charge < -0.3 is 4.90 Å². The minimum atomic E-state index is 0.706. The van der Waals surface area contributed by atoms with E-state index in [0.29, 0.717) is 4.88 Å². The normalized spacial score (nSPS) is 10.4. The first kappa shape index (κ1) is 12.8. The second kappa shape index (κ2) is 5.31. The predicted octanol–water partition coefficient (Wildman–Crippen LogP) is 3.73. The van der Waals surface area contributed by atoms with E-state index in [2.05, 4.69) is 35.9 Å². The molecule has 2 aromatic rings. The second-order valence-electron chi connectivity index (χ2n) is 4.09. The summed E-state index contributed by atoms with van der Waals surface area (Å²) >= 11 is 1.44. The molecule has 0 atom stereocenters. The highest BCUT2D eigenvalue weighted by molar-refractivity contribution is 7.17. The third kappa shape index (κ3) is 2.29. The van der Waals surface area contributed by atoms with E-state index in [9.17, 15) is 4.79 Å². The molecule has 0 amide bonds. The number of aromatic nitrogens is 1. The van der Waals surface area contributed by atoms with Gasteiger partial charge in [0, 0.05) is 12.2 Å². The Labute approximate surface area is 111 Å². The van der Waals surface area contributed by atoms with Gasteiger partial charge in [-0.1, -0.05) is 29.5 Å². The molecule has 0 N–H and O–H groups in total. The number of aryl methyl sites for hydroxylation is 2. The lowest BCUT2D eigenvalue weighted by atomic mass is 10.2. The van der Waals surface area contributed by atoms with Crippen LogP contribution in [0.2, 0.25) is 0 Å². The van der Waals surface area contributed by atoms with Crippen molar-refractivity contribution in [1.29, 1.82) is 0 Å². The van der Waals surface area contributed by atoms with E-state index < -0.39 is 0 Å². The summed E-state index contributed by atoms with van der Waals surface area (Å²) in [5.74, 6) is 0. The van der Waals surface area contributed by atoms with Crippen LogP contribution in [0.4, 0.5) is 10.8 Å². The maximum absolute atomic E-state index is 10.9. The minimum Gasteiger partial charge on any atom is -0.318 e. The van der Waals surface area contributed by atoms with Crippen molar-refractivity contribution < 1.29 is 4.79 Å². The zero-order valence-electron chi connectivity index (χ0n) is 10.8. The summed E-state index contributed by atoms with van der Waals surface area (Å²) in [6, 6.07) is 8.21. The van der Waals surface area contributed by atoms with Crippen LogP contribution in [0.3, 0.4) is 0 Å². The first-order valence-corrected chi connectivity index (χ1v) is 6.74. The molecule has 94 valence electrons. The van der Waals surface area contributed by atoms with Crippen molar-refractivity contribution in [3.8, 4) is 0 Å². The van der Waals surface area contributed by atoms with Gasteiger partial charge in [0.2, 0.25) is 0 Å². The molecule has 0 bridgehead atoms. The Morgan fingerprint density at radius 1 is 1.33 bits per heavy atom. The number of anilines is 2. The Kier molecular flexibility index (Phi) is 3.77. The van der Waals surface area contributed by atoms with Crippen molar-refractivity contribution in [2.24, 2.45) is 0 Å². The molecule has 1 heterocycles. The van der Waals surface area contributed by atoms with E-state index in [0.717, 1.165) is 29.3 Å². The van der Waals surface area contributed by atoms with Crippen molar-refractivity contribution in [2.75, 3.05) is 11.4 Å². The Balaban J connectivity index is 2.45. The average molecular weight is 260 g/mol. The molecule has 0 radical (unpaired) electrons. The molecule has 2 rings (SSSR count). The number of para-hydroxylation sites is 1. The number of benzene rings is 1. The molecule has 0 fully saturated rings. The Morgan fingerprint density at radius 2 is 2.06 bits per heavy atom. The quantitative estimate of drug-likeness (QED) is 0.785. The number of hydrogen-bond donors (Lipinski definition) is 0. The van der Waals surface area contributed by atoms with Crippen LogP contribution in [0.15, 0.2) is 24.3 Å². The molecule has 4 heteroatoms. The number of thiazole rings is 1. The number of rotatable bonds is 4. The smallest absolute Gasteiger partial charge is 0.190 e. The highest BCUT2D eigenvalue weighted by Crippen LogP contribution is 2.32. The minimum absolute atomic E-state index is 0.706. The number of nitrogens with zero attached hydrogens (tertiary/aromatic N) is 2. The molecule has 1 aromatic carbocycles. The van der Waals surface area contributed by atoms with Crippen molar-refractivity contribution in [2.45, 2.75) is 20.8 Å². The lowest BCUT2D eigenvalue weighted by Crippen LogP contribution is -2.16. The summed E-state index contributed by atoms with van der Waals surface area (Å²) < 4.78 is 0. The average Bonchev–Trinajstić information content (AvgIpc) is 2.74. The Hall–Kier alpha value is -1.68. The molecule has 0 saturated heterocycles. The van der Waals surface area contributed by atoms with Gasteiger partial charge in [-0.15, -0.1) is 0 Å². The monoisotopic (exact) mass is 260 g/mol. The van der Waals surface area contributed by atoms with Gasteiger partial charge in [0.1, 0.15) is 0 Å². The molecule has 0 aliphatic rings. The molecule has 18 heavy (non-hydrogen) atoms. The second-order valence-corrected chi connectivity index (χ2v) is 5.10. The summed E-state index contributed by atoms with van der Waals surface area (Å²) in [4.78, 5) is 18.2. The maximum atomic E-state index is 10.9. The van der Waals surface area contributed by atoms with Crippen LogP contribution in [0, 0.1) is 13.8 Å². The first-order chi connectivity index (χ1) is 8.67. The fourth-order valence-corrected chi connectivity index (χ4v) is 2.85. The SMILES string of the molecule is CCN(c1nc(C)c(C=O)s1)c1ccccc1C. The van der Waals surface area contributed by atoms with Crippen LogP contribution in [0.25, 0.3) is 0 Å². The molecule has 1 aromatic heterocycles. The van der Waals surface area contributed by atoms with Gasteiger partial charge in [-0.05, 0) is 32.4 Å². The van der Waals surface area contributed by atoms with E-state index in [-0.39, 0.29) is 0 Å². The summed E-state index contributed by atoms with van der Waals surface area (Å²) in [5.41, 5.74) is 3.16. The molecular formula is C14H16N2OS. The molecule has 0 spiro atoms. The number of carbonyl (C=O) groups excluding carboxylic acids is 1. The van der Waals surface area contributed by atoms with Crippen molar-refractivity contribution >= 4 is 28.4 Å². The van der Waals surface area contributed by atoms with Crippen LogP contribution >= 0.6 is 11.3 Å². The topological polar surface area (TPSA) is 33.2 Å². The summed E-state index contributed by atoms with van der Waals surface area (Å²) in [7, 11) is 0. The highest BCUT2D eigenvalue weighted by atomic mass is 32.1. The van der Waals surface area contributed by atoms with Crippen LogP contribution < -0.4 is 4.90 Å². The van der Waals surface area contributed by atoms with Crippen molar-refractivity contribution in [1.82, 2.24) is 4.98 Å². The van der Waals surface area contributed by atoms with Crippen molar-refractivity contribution in [3.05, 3.63) is 40.4 Å². The van der Waals surface area contributed by atoms with Gasteiger partial charge in [-0.25, -0.2) is 4.98 Å². The van der Waals surface area contributed by atoms with E-state index >= 15 is 0 Å². The Bertz CT molecular complexity index is 563. The van der Waals surface area contributed by atoms with Crippen LogP contribution in [-0.4, -0.2) is 17.8 Å². The van der Waals surface area contributed by atoms with Gasteiger partial charge >= 0.3 is 0 Å². The molecule has 0 unspecified atom stereocenters. The van der Waals surface area contributed by atoms with Crippen LogP contribution in [-0.2, 0) is 0 Å². The number of hydrogen-bond acceptors (Lipinski definition) is 4. The lowest BCUT2D eigenvalue weighted by molar-refractivity contribution is 0.112. The zero-order valence-corrected chi connectivity index (χ0v) is 11.6. The maximum Gasteiger partial charge on any atom is 0.190 e. The standard InChI is InChI=1S/C14H16N2OS/c1-4-16(12-8-6-5-7-10(12)2)14-15-11(3)13(9-17)18-14/h5-9H,4H2,1-3H3.